The Bertz CT molecular complexity index is 301. The number of aromatic nitrogens is 1. The van der Waals surface area contributed by atoms with E-state index in [1.165, 1.54) is 7.11 Å². The quantitative estimate of drug-likeness (QED) is 0.732. The van der Waals surface area contributed by atoms with Crippen LogP contribution < -0.4 is 10.8 Å². The van der Waals surface area contributed by atoms with Gasteiger partial charge in [0.05, 0.1) is 17.8 Å². The minimum absolute atomic E-state index is 0.334. The average Bonchev–Trinajstić information content (AvgIpc) is 2.52. The van der Waals surface area contributed by atoms with Gasteiger partial charge in [0.2, 0.25) is 0 Å². The molecule has 0 saturated carbocycles. The summed E-state index contributed by atoms with van der Waals surface area (Å²) in [5, 5.41) is 5.67. The van der Waals surface area contributed by atoms with Crippen molar-refractivity contribution in [3.8, 4) is 0 Å². The normalized spacial score (nSPS) is 9.86. The van der Waals surface area contributed by atoms with Gasteiger partial charge < -0.3 is 5.32 Å². The molecule has 0 atom stereocenters. The number of nitrogens with one attached hydrogen (secondary N) is 2. The molecular weight excluding hydrogens is 202 g/mol. The van der Waals surface area contributed by atoms with Crippen LogP contribution in [0.3, 0.4) is 0 Å². The molecule has 5 nitrogen and oxygen atoms in total. The predicted octanol–water partition coefficient (Wildman–Crippen LogP) is 0.855. The van der Waals surface area contributed by atoms with Gasteiger partial charge in [-0.25, -0.2) is 15.3 Å². The summed E-state index contributed by atoms with van der Waals surface area (Å²) in [6, 6.07) is -0.334. The number of carbonyl (C=O) groups is 1. The lowest BCUT2D eigenvalue weighted by Crippen LogP contribution is -2.35. The first kappa shape index (κ1) is 10.9. The first-order valence-electron chi connectivity index (χ1n) is 4.20. The lowest BCUT2D eigenvalue weighted by atomic mass is 10.3. The molecule has 0 unspecified atom stereocenters. The highest BCUT2D eigenvalue weighted by molar-refractivity contribution is 7.09. The second-order valence-corrected chi connectivity index (χ2v) is 3.73. The van der Waals surface area contributed by atoms with Crippen LogP contribution in [-0.2, 0) is 11.3 Å². The highest BCUT2D eigenvalue weighted by Crippen LogP contribution is 2.07. The molecule has 2 amide bonds. The molecule has 0 bridgehead atoms. The van der Waals surface area contributed by atoms with Crippen molar-refractivity contribution >= 4 is 17.4 Å². The van der Waals surface area contributed by atoms with E-state index in [4.69, 9.17) is 0 Å². The maximum atomic E-state index is 10.9. The van der Waals surface area contributed by atoms with Crippen LogP contribution in [0, 0.1) is 6.92 Å². The molecule has 0 radical (unpaired) electrons. The number of rotatable bonds is 4. The van der Waals surface area contributed by atoms with Crippen molar-refractivity contribution in [3.63, 3.8) is 0 Å². The molecule has 0 aliphatic rings. The fourth-order valence-corrected chi connectivity index (χ4v) is 1.60. The lowest BCUT2D eigenvalue weighted by molar-refractivity contribution is 0.107. The standard InChI is InChI=1S/C8H13N3O2S/c1-6-10-7(5-14-6)3-4-9-8(12)11-13-2/h5H,3-4H2,1-2H3,(H2,9,11,12). The van der Waals surface area contributed by atoms with Crippen LogP contribution in [0.4, 0.5) is 4.79 Å². The molecule has 0 aliphatic heterocycles. The molecule has 1 heterocycles. The summed E-state index contributed by atoms with van der Waals surface area (Å²) in [5.74, 6) is 0. The number of aryl methyl sites for hydroxylation is 1. The van der Waals surface area contributed by atoms with E-state index in [1.807, 2.05) is 12.3 Å². The van der Waals surface area contributed by atoms with Gasteiger partial charge in [-0.05, 0) is 6.92 Å². The minimum atomic E-state index is -0.334. The Morgan fingerprint density at radius 3 is 3.07 bits per heavy atom. The van der Waals surface area contributed by atoms with Crippen LogP contribution in [0.2, 0.25) is 0 Å². The topological polar surface area (TPSA) is 63.2 Å². The van der Waals surface area contributed by atoms with Crippen molar-refractivity contribution in [2.75, 3.05) is 13.7 Å². The van der Waals surface area contributed by atoms with Crippen molar-refractivity contribution in [2.24, 2.45) is 0 Å². The molecule has 1 aromatic heterocycles. The van der Waals surface area contributed by atoms with Crippen molar-refractivity contribution in [2.45, 2.75) is 13.3 Å². The van der Waals surface area contributed by atoms with E-state index in [2.05, 4.69) is 20.6 Å². The number of hydrogen-bond acceptors (Lipinski definition) is 4. The Morgan fingerprint density at radius 2 is 2.50 bits per heavy atom. The highest BCUT2D eigenvalue weighted by atomic mass is 32.1. The van der Waals surface area contributed by atoms with E-state index in [9.17, 15) is 4.79 Å². The highest BCUT2D eigenvalue weighted by Gasteiger charge is 2.00. The molecule has 2 N–H and O–H groups in total. The summed E-state index contributed by atoms with van der Waals surface area (Å²) in [6.07, 6.45) is 0.738. The Kier molecular flexibility index (Phi) is 4.34. The summed E-state index contributed by atoms with van der Waals surface area (Å²) in [4.78, 5) is 19.6. The van der Waals surface area contributed by atoms with Gasteiger partial charge in [0.25, 0.3) is 0 Å². The predicted molar refractivity (Wildman–Crippen MR) is 54.1 cm³/mol. The molecule has 0 spiro atoms. The molecule has 1 rings (SSSR count). The summed E-state index contributed by atoms with van der Waals surface area (Å²) >= 11 is 1.61. The van der Waals surface area contributed by atoms with Crippen LogP contribution in [0.25, 0.3) is 0 Å². The maximum Gasteiger partial charge on any atom is 0.338 e. The Labute approximate surface area is 86.4 Å². The van der Waals surface area contributed by atoms with Crippen molar-refractivity contribution in [1.82, 2.24) is 15.8 Å². The first-order chi connectivity index (χ1) is 6.72. The maximum absolute atomic E-state index is 10.9. The van der Waals surface area contributed by atoms with Gasteiger partial charge in [-0.2, -0.15) is 0 Å². The van der Waals surface area contributed by atoms with Crippen molar-refractivity contribution < 1.29 is 9.63 Å². The summed E-state index contributed by atoms with van der Waals surface area (Å²) < 4.78 is 0. The van der Waals surface area contributed by atoms with Gasteiger partial charge in [0.15, 0.2) is 0 Å². The van der Waals surface area contributed by atoms with E-state index < -0.39 is 0 Å². The van der Waals surface area contributed by atoms with Crippen LogP contribution in [0.5, 0.6) is 0 Å². The molecule has 0 aromatic carbocycles. The molecule has 0 fully saturated rings. The number of amides is 2. The third-order valence-electron chi connectivity index (χ3n) is 1.53. The summed E-state index contributed by atoms with van der Waals surface area (Å²) in [5.41, 5.74) is 3.17. The molecule has 78 valence electrons. The molecule has 14 heavy (non-hydrogen) atoms. The van der Waals surface area contributed by atoms with E-state index in [1.54, 1.807) is 11.3 Å². The van der Waals surface area contributed by atoms with Crippen LogP contribution in [0.15, 0.2) is 5.38 Å². The first-order valence-corrected chi connectivity index (χ1v) is 5.08. The molecule has 0 aliphatic carbocycles. The lowest BCUT2D eigenvalue weighted by Gasteiger charge is -2.03. The Balaban J connectivity index is 2.18. The van der Waals surface area contributed by atoms with Gasteiger partial charge >= 0.3 is 6.03 Å². The second kappa shape index (κ2) is 5.56. The smallest absolute Gasteiger partial charge is 0.336 e. The molecule has 6 heteroatoms. The third-order valence-corrected chi connectivity index (χ3v) is 2.35. The SMILES string of the molecule is CONC(=O)NCCc1csc(C)n1. The molecule has 0 saturated heterocycles. The zero-order valence-electron chi connectivity index (χ0n) is 8.16. The van der Waals surface area contributed by atoms with E-state index >= 15 is 0 Å². The van der Waals surface area contributed by atoms with Crippen molar-refractivity contribution in [3.05, 3.63) is 16.1 Å². The number of carbonyl (C=O) groups excluding carboxylic acids is 1. The number of hydrogen-bond donors (Lipinski definition) is 2. The number of hydroxylamine groups is 1. The van der Waals surface area contributed by atoms with Crippen LogP contribution in [0.1, 0.15) is 10.7 Å². The van der Waals surface area contributed by atoms with E-state index in [0.29, 0.717) is 6.54 Å². The van der Waals surface area contributed by atoms with E-state index in [0.717, 1.165) is 17.1 Å². The average molecular weight is 215 g/mol. The zero-order valence-corrected chi connectivity index (χ0v) is 8.98. The number of thiazole rings is 1. The zero-order chi connectivity index (χ0) is 10.4. The summed E-state index contributed by atoms with van der Waals surface area (Å²) in [6.45, 7) is 2.51. The summed E-state index contributed by atoms with van der Waals surface area (Å²) in [7, 11) is 1.39. The number of nitrogens with zero attached hydrogens (tertiary/aromatic N) is 1. The monoisotopic (exact) mass is 215 g/mol. The van der Waals surface area contributed by atoms with Gasteiger partial charge in [0, 0.05) is 18.3 Å². The molecule has 1 aromatic rings. The van der Waals surface area contributed by atoms with Gasteiger partial charge in [-0.3, -0.25) is 4.84 Å². The number of urea groups is 1. The fraction of sp³-hybridized carbons (Fsp3) is 0.500. The third kappa shape index (κ3) is 3.71. The van der Waals surface area contributed by atoms with Gasteiger partial charge in [0.1, 0.15) is 0 Å². The van der Waals surface area contributed by atoms with E-state index in [-0.39, 0.29) is 6.03 Å². The van der Waals surface area contributed by atoms with Gasteiger partial charge in [-0.15, -0.1) is 11.3 Å². The van der Waals surface area contributed by atoms with Crippen molar-refractivity contribution in [1.29, 1.82) is 0 Å². The van der Waals surface area contributed by atoms with Crippen LogP contribution >= 0.6 is 11.3 Å². The molecular formula is C8H13N3O2S. The minimum Gasteiger partial charge on any atom is -0.336 e. The Morgan fingerprint density at radius 1 is 1.71 bits per heavy atom. The Hall–Kier alpha value is -1.14. The van der Waals surface area contributed by atoms with Crippen LogP contribution in [-0.4, -0.2) is 24.7 Å². The second-order valence-electron chi connectivity index (χ2n) is 2.67. The van der Waals surface area contributed by atoms with Gasteiger partial charge in [-0.1, -0.05) is 0 Å². The fourth-order valence-electron chi connectivity index (χ4n) is 0.956. The largest absolute Gasteiger partial charge is 0.338 e.